The summed E-state index contributed by atoms with van der Waals surface area (Å²) in [4.78, 5) is 30.2. The monoisotopic (exact) mass is 706 g/mol. The molecule has 0 saturated heterocycles. The molecule has 0 N–H and O–H groups in total. The maximum absolute atomic E-state index is 6.34. The molecule has 3 aromatic heterocycles. The van der Waals surface area contributed by atoms with Crippen molar-refractivity contribution < 1.29 is 4.42 Å². The van der Waals surface area contributed by atoms with Crippen LogP contribution < -0.4 is 0 Å². The van der Waals surface area contributed by atoms with Crippen molar-refractivity contribution in [3.63, 3.8) is 0 Å². The van der Waals surface area contributed by atoms with Gasteiger partial charge in [-0.3, -0.25) is 0 Å². The fourth-order valence-corrected chi connectivity index (χ4v) is 6.83. The number of fused-ring (bicyclic) bond motifs is 3. The summed E-state index contributed by atoms with van der Waals surface area (Å²) in [6.07, 6.45) is 0. The second-order valence-electron chi connectivity index (χ2n) is 13.2. The zero-order chi connectivity index (χ0) is 36.6. The lowest BCUT2D eigenvalue weighted by molar-refractivity contribution is 0.669. The lowest BCUT2D eigenvalue weighted by Crippen LogP contribution is -2.02. The van der Waals surface area contributed by atoms with Crippen LogP contribution in [0.15, 0.2) is 186 Å². The van der Waals surface area contributed by atoms with Crippen molar-refractivity contribution in [2.45, 2.75) is 0 Å². The van der Waals surface area contributed by atoms with Gasteiger partial charge in [-0.25, -0.2) is 29.9 Å². The first-order valence-corrected chi connectivity index (χ1v) is 18.0. The van der Waals surface area contributed by atoms with Gasteiger partial charge in [0.2, 0.25) is 0 Å². The molecule has 0 aliphatic heterocycles. The third kappa shape index (κ3) is 6.30. The Kier molecular flexibility index (Phi) is 8.00. The van der Waals surface area contributed by atoms with Crippen LogP contribution in [0.25, 0.3) is 101 Å². The minimum Gasteiger partial charge on any atom is -0.456 e. The minimum absolute atomic E-state index is 0.529. The van der Waals surface area contributed by atoms with Gasteiger partial charge in [-0.15, -0.1) is 0 Å². The molecular formula is C48H30N6O. The zero-order valence-corrected chi connectivity index (χ0v) is 29.4. The highest BCUT2D eigenvalue weighted by molar-refractivity contribution is 6.06. The van der Waals surface area contributed by atoms with Crippen molar-refractivity contribution in [2.75, 3.05) is 0 Å². The number of nitrogens with zero attached hydrogens (tertiary/aromatic N) is 6. The molecule has 55 heavy (non-hydrogen) atoms. The normalized spacial score (nSPS) is 11.3. The topological polar surface area (TPSA) is 90.5 Å². The summed E-state index contributed by atoms with van der Waals surface area (Å²) in [5.41, 5.74) is 8.72. The van der Waals surface area contributed by atoms with Crippen LogP contribution >= 0.6 is 0 Å². The molecule has 0 aliphatic carbocycles. The second kappa shape index (κ2) is 13.7. The van der Waals surface area contributed by atoms with E-state index in [1.54, 1.807) is 0 Å². The van der Waals surface area contributed by atoms with Crippen LogP contribution in [0.3, 0.4) is 0 Å². The number of para-hydroxylation sites is 1. The SMILES string of the molecule is c1ccc(-c2nc(-c3ccccc3)nc(-c3cc(-c4ccc5c(c4)oc4ccccc45)cc(-c4nc(-c5ccccc5)nc(-c5ccccc5)n4)c3)n2)cc1. The van der Waals surface area contributed by atoms with Gasteiger partial charge in [0.15, 0.2) is 34.9 Å². The minimum atomic E-state index is 0.529. The van der Waals surface area contributed by atoms with E-state index < -0.39 is 0 Å². The zero-order valence-electron chi connectivity index (χ0n) is 29.4. The van der Waals surface area contributed by atoms with Crippen LogP contribution in [0.2, 0.25) is 0 Å². The molecular weight excluding hydrogens is 677 g/mol. The highest BCUT2D eigenvalue weighted by Crippen LogP contribution is 2.36. The average Bonchev–Trinajstić information content (AvgIpc) is 3.65. The number of benzene rings is 7. The Morgan fingerprint density at radius 3 is 1.02 bits per heavy atom. The van der Waals surface area contributed by atoms with Gasteiger partial charge >= 0.3 is 0 Å². The first kappa shape index (κ1) is 32.0. The van der Waals surface area contributed by atoms with Gasteiger partial charge in [0, 0.05) is 44.2 Å². The molecule has 0 fully saturated rings. The van der Waals surface area contributed by atoms with Crippen LogP contribution in [0.4, 0.5) is 0 Å². The lowest BCUT2D eigenvalue weighted by atomic mass is 9.97. The maximum Gasteiger partial charge on any atom is 0.164 e. The molecule has 258 valence electrons. The van der Waals surface area contributed by atoms with Gasteiger partial charge in [0.05, 0.1) is 0 Å². The van der Waals surface area contributed by atoms with E-state index in [9.17, 15) is 0 Å². The molecule has 0 saturated carbocycles. The molecule has 0 spiro atoms. The van der Waals surface area contributed by atoms with E-state index in [1.165, 1.54) is 0 Å². The van der Waals surface area contributed by atoms with E-state index in [4.69, 9.17) is 34.3 Å². The van der Waals surface area contributed by atoms with Crippen molar-refractivity contribution >= 4 is 21.9 Å². The summed E-state index contributed by atoms with van der Waals surface area (Å²) < 4.78 is 6.34. The Morgan fingerprint density at radius 1 is 0.236 bits per heavy atom. The quantitative estimate of drug-likeness (QED) is 0.163. The molecule has 0 bridgehead atoms. The van der Waals surface area contributed by atoms with Crippen LogP contribution in [-0.2, 0) is 0 Å². The van der Waals surface area contributed by atoms with E-state index >= 15 is 0 Å². The van der Waals surface area contributed by atoms with Crippen molar-refractivity contribution in [1.82, 2.24) is 29.9 Å². The standard InChI is InChI=1S/C48H30N6O/c1-5-15-31(16-6-1)43-49-44(32-17-7-2-8-18-32)52-47(51-43)37-27-36(35-25-26-40-39-23-13-14-24-41(39)55-42(40)30-35)28-38(29-37)48-53-45(33-19-9-3-10-20-33)50-46(54-48)34-21-11-4-12-22-34/h1-30H. The predicted octanol–water partition coefficient (Wildman–Crippen LogP) is 11.6. The van der Waals surface area contributed by atoms with Gasteiger partial charge in [0.25, 0.3) is 0 Å². The molecule has 0 atom stereocenters. The fraction of sp³-hybridized carbons (Fsp3) is 0. The van der Waals surface area contributed by atoms with Crippen molar-refractivity contribution in [3.8, 4) is 79.5 Å². The Labute approximate surface area is 316 Å². The predicted molar refractivity (Wildman–Crippen MR) is 219 cm³/mol. The second-order valence-corrected chi connectivity index (χ2v) is 13.2. The van der Waals surface area contributed by atoms with E-state index in [0.29, 0.717) is 34.9 Å². The summed E-state index contributed by atoms with van der Waals surface area (Å²) in [6.45, 7) is 0. The van der Waals surface area contributed by atoms with Crippen molar-refractivity contribution in [3.05, 3.63) is 182 Å². The average molecular weight is 707 g/mol. The fourth-order valence-electron chi connectivity index (χ4n) is 6.83. The Hall–Kier alpha value is -7.64. The highest BCUT2D eigenvalue weighted by Gasteiger charge is 2.18. The molecule has 7 aromatic carbocycles. The van der Waals surface area contributed by atoms with Gasteiger partial charge < -0.3 is 4.42 Å². The first-order chi connectivity index (χ1) is 27.2. The van der Waals surface area contributed by atoms with Gasteiger partial charge in [0.1, 0.15) is 11.2 Å². The molecule has 10 aromatic rings. The third-order valence-corrected chi connectivity index (χ3v) is 9.56. The van der Waals surface area contributed by atoms with Crippen LogP contribution in [0.1, 0.15) is 0 Å². The molecule has 0 amide bonds. The number of furan rings is 1. The summed E-state index contributed by atoms with van der Waals surface area (Å²) >= 11 is 0. The molecule has 3 heterocycles. The molecule has 0 unspecified atom stereocenters. The van der Waals surface area contributed by atoms with Crippen LogP contribution in [-0.4, -0.2) is 29.9 Å². The number of hydrogen-bond acceptors (Lipinski definition) is 7. The number of rotatable bonds is 7. The van der Waals surface area contributed by atoms with Gasteiger partial charge in [-0.05, 0) is 47.5 Å². The van der Waals surface area contributed by atoms with Gasteiger partial charge in [-0.1, -0.05) is 146 Å². The third-order valence-electron chi connectivity index (χ3n) is 9.56. The van der Waals surface area contributed by atoms with E-state index in [-0.39, 0.29) is 0 Å². The van der Waals surface area contributed by atoms with Crippen LogP contribution in [0, 0.1) is 0 Å². The Bertz CT molecular complexity index is 2710. The smallest absolute Gasteiger partial charge is 0.164 e. The highest BCUT2D eigenvalue weighted by atomic mass is 16.3. The van der Waals surface area contributed by atoms with E-state index in [1.807, 2.05) is 140 Å². The van der Waals surface area contributed by atoms with E-state index in [2.05, 4.69) is 42.5 Å². The molecule has 7 heteroatoms. The maximum atomic E-state index is 6.34. The number of aromatic nitrogens is 6. The molecule has 10 rings (SSSR count). The lowest BCUT2D eigenvalue weighted by Gasteiger charge is -2.13. The van der Waals surface area contributed by atoms with Crippen molar-refractivity contribution in [1.29, 1.82) is 0 Å². The molecule has 7 nitrogen and oxygen atoms in total. The summed E-state index contributed by atoms with van der Waals surface area (Å²) in [5.74, 6) is 3.38. The first-order valence-electron chi connectivity index (χ1n) is 18.0. The van der Waals surface area contributed by atoms with E-state index in [0.717, 1.165) is 66.4 Å². The van der Waals surface area contributed by atoms with Crippen LogP contribution in [0.5, 0.6) is 0 Å². The summed E-state index contributed by atoms with van der Waals surface area (Å²) in [6, 6.07) is 60.7. The van der Waals surface area contributed by atoms with Crippen molar-refractivity contribution in [2.24, 2.45) is 0 Å². The van der Waals surface area contributed by atoms with Gasteiger partial charge in [-0.2, -0.15) is 0 Å². The summed E-state index contributed by atoms with van der Waals surface area (Å²) in [5, 5.41) is 2.14. The Balaban J connectivity index is 1.22. The molecule has 0 aliphatic rings. The molecule has 0 radical (unpaired) electrons. The Morgan fingerprint density at radius 2 is 0.582 bits per heavy atom. The number of hydrogen-bond donors (Lipinski definition) is 0. The summed E-state index contributed by atoms with van der Waals surface area (Å²) in [7, 11) is 0. The largest absolute Gasteiger partial charge is 0.456 e.